The van der Waals surface area contributed by atoms with Crippen molar-refractivity contribution >= 4 is 17.6 Å². The lowest BCUT2D eigenvalue weighted by Crippen LogP contribution is -2.67. The van der Waals surface area contributed by atoms with Crippen LogP contribution in [0.15, 0.2) is 29.4 Å². The molecule has 150 valence electrons. The Labute approximate surface area is 165 Å². The first-order chi connectivity index (χ1) is 13.3. The number of imide groups is 1. The molecule has 1 aromatic carbocycles. The third kappa shape index (κ3) is 2.79. The molecule has 1 aromatic rings. The van der Waals surface area contributed by atoms with Crippen molar-refractivity contribution in [3.63, 3.8) is 0 Å². The lowest BCUT2D eigenvalue weighted by atomic mass is 10.0. The third-order valence-electron chi connectivity index (χ3n) is 6.10. The summed E-state index contributed by atoms with van der Waals surface area (Å²) in [5.74, 6) is -0.152. The standard InChI is InChI=1S/C20H28N6O2/c1-6-25-19-21-17-16(26(19)14(4)13(3)22-25)18(27)24(20(28)23(17)5)11-15-9-7-12(2)8-10-15/h7-10,14,16-17,19,21H,6,11H2,1-5H3. The fraction of sp³-hybridized carbons (Fsp3) is 0.550. The van der Waals surface area contributed by atoms with Crippen LogP contribution < -0.4 is 5.32 Å². The number of benzene rings is 1. The maximum absolute atomic E-state index is 13.5. The molecule has 2 fully saturated rings. The summed E-state index contributed by atoms with van der Waals surface area (Å²) < 4.78 is 0. The molecule has 28 heavy (non-hydrogen) atoms. The molecule has 0 aromatic heterocycles. The predicted octanol–water partition coefficient (Wildman–Crippen LogP) is 1.37. The maximum Gasteiger partial charge on any atom is 0.328 e. The van der Waals surface area contributed by atoms with Crippen molar-refractivity contribution in [2.45, 2.75) is 58.8 Å². The summed E-state index contributed by atoms with van der Waals surface area (Å²) in [4.78, 5) is 31.6. The number of fused-ring (bicyclic) bond motifs is 3. The van der Waals surface area contributed by atoms with Crippen molar-refractivity contribution in [3.05, 3.63) is 35.4 Å². The number of carbonyl (C=O) groups excluding carboxylic acids is 2. The number of rotatable bonds is 3. The van der Waals surface area contributed by atoms with Gasteiger partial charge in [0.05, 0.1) is 18.3 Å². The first-order valence-corrected chi connectivity index (χ1v) is 9.82. The Morgan fingerprint density at radius 3 is 2.46 bits per heavy atom. The fourth-order valence-corrected chi connectivity index (χ4v) is 4.31. The zero-order valence-corrected chi connectivity index (χ0v) is 17.1. The van der Waals surface area contributed by atoms with E-state index in [2.05, 4.69) is 22.2 Å². The topological polar surface area (TPSA) is 71.5 Å². The van der Waals surface area contributed by atoms with E-state index >= 15 is 0 Å². The molecule has 4 rings (SSSR count). The summed E-state index contributed by atoms with van der Waals surface area (Å²) in [6, 6.07) is 7.24. The summed E-state index contributed by atoms with van der Waals surface area (Å²) in [5, 5.41) is 10.1. The number of aryl methyl sites for hydroxylation is 1. The van der Waals surface area contributed by atoms with Gasteiger partial charge in [0.15, 0.2) is 6.29 Å². The number of carbonyl (C=O) groups is 2. The van der Waals surface area contributed by atoms with Crippen LogP contribution in [0.1, 0.15) is 31.9 Å². The highest BCUT2D eigenvalue weighted by atomic mass is 16.2. The van der Waals surface area contributed by atoms with E-state index in [0.717, 1.165) is 23.4 Å². The molecule has 8 heteroatoms. The summed E-state index contributed by atoms with van der Waals surface area (Å²) >= 11 is 0. The molecule has 1 N–H and O–H groups in total. The van der Waals surface area contributed by atoms with E-state index in [1.54, 1.807) is 11.9 Å². The number of nitrogens with one attached hydrogen (secondary N) is 1. The van der Waals surface area contributed by atoms with Gasteiger partial charge in [-0.3, -0.25) is 20.0 Å². The lowest BCUT2D eigenvalue weighted by molar-refractivity contribution is -0.140. The molecule has 0 bridgehead atoms. The molecule has 3 heterocycles. The van der Waals surface area contributed by atoms with Crippen molar-refractivity contribution in [2.24, 2.45) is 5.10 Å². The number of hydrogen-bond acceptors (Lipinski definition) is 6. The van der Waals surface area contributed by atoms with Crippen LogP contribution in [0.4, 0.5) is 4.79 Å². The number of nitrogens with zero attached hydrogens (tertiary/aromatic N) is 5. The first-order valence-electron chi connectivity index (χ1n) is 9.82. The average molecular weight is 384 g/mol. The van der Waals surface area contributed by atoms with Gasteiger partial charge in [0.25, 0.3) is 5.91 Å². The van der Waals surface area contributed by atoms with E-state index in [9.17, 15) is 9.59 Å². The number of hydrogen-bond donors (Lipinski definition) is 1. The van der Waals surface area contributed by atoms with Crippen LogP contribution in [0, 0.1) is 6.92 Å². The monoisotopic (exact) mass is 384 g/mol. The molecule has 3 aliphatic heterocycles. The van der Waals surface area contributed by atoms with Crippen molar-refractivity contribution in [1.29, 1.82) is 0 Å². The zero-order valence-electron chi connectivity index (χ0n) is 17.1. The Bertz CT molecular complexity index is 822. The Kier molecular flexibility index (Phi) is 4.63. The maximum atomic E-state index is 13.5. The lowest BCUT2D eigenvalue weighted by Gasteiger charge is -2.44. The average Bonchev–Trinajstić information content (AvgIpc) is 3.09. The molecule has 3 aliphatic rings. The van der Waals surface area contributed by atoms with E-state index in [1.165, 1.54) is 4.90 Å². The summed E-state index contributed by atoms with van der Waals surface area (Å²) in [6.07, 6.45) is -0.561. The first kappa shape index (κ1) is 18.9. The molecular formula is C20H28N6O2. The Morgan fingerprint density at radius 2 is 1.82 bits per heavy atom. The van der Waals surface area contributed by atoms with Crippen molar-refractivity contribution in [1.82, 2.24) is 25.0 Å². The van der Waals surface area contributed by atoms with Gasteiger partial charge in [-0.25, -0.2) is 9.69 Å². The molecule has 8 nitrogen and oxygen atoms in total. The van der Waals surface area contributed by atoms with Gasteiger partial charge in [-0.2, -0.15) is 5.10 Å². The molecule has 0 radical (unpaired) electrons. The summed E-state index contributed by atoms with van der Waals surface area (Å²) in [6.45, 7) is 9.11. The second kappa shape index (κ2) is 6.86. The van der Waals surface area contributed by atoms with Gasteiger partial charge in [-0.15, -0.1) is 0 Å². The minimum atomic E-state index is -0.437. The highest BCUT2D eigenvalue weighted by molar-refractivity contribution is 6.01. The predicted molar refractivity (Wildman–Crippen MR) is 106 cm³/mol. The van der Waals surface area contributed by atoms with Gasteiger partial charge in [0, 0.05) is 13.6 Å². The normalized spacial score (nSPS) is 30.5. The largest absolute Gasteiger partial charge is 0.328 e. The van der Waals surface area contributed by atoms with Crippen LogP contribution in [-0.2, 0) is 11.3 Å². The number of likely N-dealkylation sites (N-methyl/N-ethyl adjacent to an activating group) is 1. The minimum Gasteiger partial charge on any atom is -0.310 e. The van der Waals surface area contributed by atoms with Gasteiger partial charge in [0.2, 0.25) is 0 Å². The molecule has 3 amide bonds. The van der Waals surface area contributed by atoms with Gasteiger partial charge in [-0.05, 0) is 33.3 Å². The fourth-order valence-electron chi connectivity index (χ4n) is 4.31. The number of amides is 3. The van der Waals surface area contributed by atoms with E-state index in [1.807, 2.05) is 50.0 Å². The summed E-state index contributed by atoms with van der Waals surface area (Å²) in [5.41, 5.74) is 3.07. The van der Waals surface area contributed by atoms with Crippen LogP contribution in [0.5, 0.6) is 0 Å². The van der Waals surface area contributed by atoms with Gasteiger partial charge in [0.1, 0.15) is 12.2 Å². The third-order valence-corrected chi connectivity index (χ3v) is 6.10. The van der Waals surface area contributed by atoms with E-state index in [-0.39, 0.29) is 37.0 Å². The molecule has 0 aliphatic carbocycles. The van der Waals surface area contributed by atoms with E-state index in [0.29, 0.717) is 0 Å². The van der Waals surface area contributed by atoms with Crippen molar-refractivity contribution in [2.75, 3.05) is 13.6 Å². The van der Waals surface area contributed by atoms with Crippen LogP contribution in [0.2, 0.25) is 0 Å². The van der Waals surface area contributed by atoms with Crippen LogP contribution in [0.3, 0.4) is 0 Å². The van der Waals surface area contributed by atoms with Gasteiger partial charge >= 0.3 is 6.03 Å². The zero-order chi connectivity index (χ0) is 20.2. The Balaban J connectivity index is 1.66. The molecule has 0 spiro atoms. The Hall–Kier alpha value is -2.45. The molecule has 4 unspecified atom stereocenters. The SMILES string of the molecule is CCN1N=C(C)C(C)N2C3C(=O)N(Cc4ccc(C)cc4)C(=O)N(C)C3NC12. The number of urea groups is 1. The minimum absolute atomic E-state index is 0.0158. The quantitative estimate of drug-likeness (QED) is 0.852. The van der Waals surface area contributed by atoms with E-state index < -0.39 is 6.04 Å². The highest BCUT2D eigenvalue weighted by Crippen LogP contribution is 2.33. The molecule has 0 saturated carbocycles. The van der Waals surface area contributed by atoms with Gasteiger partial charge < -0.3 is 4.90 Å². The Morgan fingerprint density at radius 1 is 1.14 bits per heavy atom. The van der Waals surface area contributed by atoms with Crippen LogP contribution >= 0.6 is 0 Å². The van der Waals surface area contributed by atoms with Crippen LogP contribution in [0.25, 0.3) is 0 Å². The van der Waals surface area contributed by atoms with Crippen molar-refractivity contribution < 1.29 is 9.59 Å². The second-order valence-electron chi connectivity index (χ2n) is 7.85. The number of hydrazone groups is 1. The molecule has 4 atom stereocenters. The van der Waals surface area contributed by atoms with Crippen LogP contribution in [-0.4, -0.2) is 75.5 Å². The van der Waals surface area contributed by atoms with E-state index in [4.69, 9.17) is 0 Å². The van der Waals surface area contributed by atoms with Gasteiger partial charge in [-0.1, -0.05) is 29.8 Å². The second-order valence-corrected chi connectivity index (χ2v) is 7.85. The smallest absolute Gasteiger partial charge is 0.310 e. The van der Waals surface area contributed by atoms with Crippen molar-refractivity contribution in [3.8, 4) is 0 Å². The molecule has 2 saturated heterocycles. The highest BCUT2D eigenvalue weighted by Gasteiger charge is 2.57. The summed E-state index contributed by atoms with van der Waals surface area (Å²) in [7, 11) is 1.76. The molecular weight excluding hydrogens is 356 g/mol.